The maximum Gasteiger partial charge on any atom is 0.410 e. The molecule has 1 atom stereocenters. The average molecular weight is 298 g/mol. The van der Waals surface area contributed by atoms with Crippen molar-refractivity contribution in [2.45, 2.75) is 65.1 Å². The molecule has 6 nitrogen and oxygen atoms in total. The lowest BCUT2D eigenvalue weighted by molar-refractivity contribution is 0.0163. The van der Waals surface area contributed by atoms with Gasteiger partial charge in [0.1, 0.15) is 0 Å². The van der Waals surface area contributed by atoms with Gasteiger partial charge in [-0.25, -0.2) is 9.59 Å². The molecule has 0 aliphatic rings. The van der Waals surface area contributed by atoms with Crippen molar-refractivity contribution in [3.8, 4) is 12.3 Å². The number of amides is 2. The Morgan fingerprint density at radius 3 is 2.00 bits per heavy atom. The second kappa shape index (κ2) is 7.21. The first-order valence-corrected chi connectivity index (χ1v) is 6.79. The molecule has 0 spiro atoms. The van der Waals surface area contributed by atoms with Gasteiger partial charge in [0, 0.05) is 17.5 Å². The fraction of sp³-hybridized carbons (Fsp3) is 0.733. The zero-order chi connectivity index (χ0) is 16.8. The second-order valence-electron chi connectivity index (χ2n) is 6.67. The second-order valence-corrected chi connectivity index (χ2v) is 6.67. The first-order chi connectivity index (χ1) is 9.39. The highest BCUT2D eigenvalue weighted by molar-refractivity contribution is 5.69. The molecule has 21 heavy (non-hydrogen) atoms. The normalized spacial score (nSPS) is 13.0. The summed E-state index contributed by atoms with van der Waals surface area (Å²) in [6, 6.07) is 0. The Balaban J connectivity index is 4.61. The van der Waals surface area contributed by atoms with Crippen LogP contribution in [0.3, 0.4) is 0 Å². The average Bonchev–Trinajstić information content (AvgIpc) is 2.22. The Kier molecular flexibility index (Phi) is 6.55. The Morgan fingerprint density at radius 1 is 1.19 bits per heavy atom. The molecule has 0 bridgehead atoms. The van der Waals surface area contributed by atoms with Crippen LogP contribution < -0.4 is 5.73 Å². The lowest BCUT2D eigenvalue weighted by atomic mass is 9.97. The summed E-state index contributed by atoms with van der Waals surface area (Å²) in [6.07, 6.45) is 3.22. The highest BCUT2D eigenvalue weighted by atomic mass is 16.6. The summed E-state index contributed by atoms with van der Waals surface area (Å²) in [5, 5.41) is 0. The minimum atomic E-state index is -0.949. The monoisotopic (exact) mass is 298 g/mol. The third kappa shape index (κ3) is 6.89. The molecule has 0 saturated heterocycles. The summed E-state index contributed by atoms with van der Waals surface area (Å²) in [4.78, 5) is 24.5. The minimum Gasteiger partial charge on any atom is -0.449 e. The maximum absolute atomic E-state index is 12.2. The molecule has 0 fully saturated rings. The molecule has 120 valence electrons. The van der Waals surface area contributed by atoms with Crippen LogP contribution in [0.15, 0.2) is 0 Å². The van der Waals surface area contributed by atoms with Gasteiger partial charge in [0.2, 0.25) is 0 Å². The molecule has 0 aromatic heterocycles. The Morgan fingerprint density at radius 2 is 1.67 bits per heavy atom. The van der Waals surface area contributed by atoms with Crippen LogP contribution >= 0.6 is 0 Å². The first kappa shape index (κ1) is 19.1. The maximum atomic E-state index is 12.2. The van der Waals surface area contributed by atoms with E-state index in [-0.39, 0.29) is 24.1 Å². The standard InChI is InChI=1S/C15H26N2O4/c1-8-11(21-12(16)18)9-10-20-13(19)17(14(2,3)4)15(5,6)7/h1,11H,9-10H2,2-7H3,(H2,16,18)/t11-/m1/s1. The largest absolute Gasteiger partial charge is 0.449 e. The third-order valence-corrected chi connectivity index (χ3v) is 2.57. The van der Waals surface area contributed by atoms with Crippen LogP contribution in [0.1, 0.15) is 48.0 Å². The van der Waals surface area contributed by atoms with E-state index in [9.17, 15) is 9.59 Å². The zero-order valence-electron chi connectivity index (χ0n) is 13.7. The van der Waals surface area contributed by atoms with Crippen molar-refractivity contribution in [3.05, 3.63) is 0 Å². The summed E-state index contributed by atoms with van der Waals surface area (Å²) in [6.45, 7) is 11.6. The van der Waals surface area contributed by atoms with Gasteiger partial charge in [0.15, 0.2) is 6.10 Å². The highest BCUT2D eigenvalue weighted by Gasteiger charge is 2.36. The number of ether oxygens (including phenoxy) is 2. The van der Waals surface area contributed by atoms with Gasteiger partial charge in [-0.05, 0) is 41.5 Å². The lowest BCUT2D eigenvalue weighted by Crippen LogP contribution is -2.55. The van der Waals surface area contributed by atoms with Crippen LogP contribution in [-0.2, 0) is 9.47 Å². The smallest absolute Gasteiger partial charge is 0.410 e. The summed E-state index contributed by atoms with van der Waals surface area (Å²) in [5.41, 5.74) is 4.12. The van der Waals surface area contributed by atoms with Crippen LogP contribution in [0.5, 0.6) is 0 Å². The quantitative estimate of drug-likeness (QED) is 0.808. The predicted octanol–water partition coefficient (Wildman–Crippen LogP) is 2.51. The van der Waals surface area contributed by atoms with Gasteiger partial charge >= 0.3 is 12.2 Å². The van der Waals surface area contributed by atoms with E-state index in [1.54, 1.807) is 4.90 Å². The molecule has 2 N–H and O–H groups in total. The Labute approximate surface area is 126 Å². The van der Waals surface area contributed by atoms with Gasteiger partial charge in [0.05, 0.1) is 6.61 Å². The Bertz CT molecular complexity index is 399. The molecule has 0 radical (unpaired) electrons. The number of nitrogens with two attached hydrogens (primary N) is 1. The molecule has 6 heteroatoms. The minimum absolute atomic E-state index is 0.0453. The van der Waals surface area contributed by atoms with Crippen molar-refractivity contribution in [1.82, 2.24) is 4.90 Å². The molecule has 0 unspecified atom stereocenters. The van der Waals surface area contributed by atoms with E-state index in [2.05, 4.69) is 10.7 Å². The topological polar surface area (TPSA) is 81.9 Å². The van der Waals surface area contributed by atoms with E-state index < -0.39 is 18.3 Å². The molecule has 0 aromatic rings. The molecule has 0 aliphatic heterocycles. The molecule has 0 aliphatic carbocycles. The lowest BCUT2D eigenvalue weighted by Gasteiger charge is -2.44. The van der Waals surface area contributed by atoms with Crippen molar-refractivity contribution in [3.63, 3.8) is 0 Å². The number of rotatable bonds is 4. The number of hydrogen-bond acceptors (Lipinski definition) is 4. The van der Waals surface area contributed by atoms with Gasteiger partial charge < -0.3 is 15.2 Å². The van der Waals surface area contributed by atoms with Crippen molar-refractivity contribution in [1.29, 1.82) is 0 Å². The number of primary amides is 1. The molecular weight excluding hydrogens is 272 g/mol. The van der Waals surface area contributed by atoms with Crippen LogP contribution in [0.4, 0.5) is 9.59 Å². The van der Waals surface area contributed by atoms with Crippen LogP contribution in [0, 0.1) is 12.3 Å². The van der Waals surface area contributed by atoms with Gasteiger partial charge in [0.25, 0.3) is 0 Å². The van der Waals surface area contributed by atoms with Gasteiger partial charge in [-0.15, -0.1) is 6.42 Å². The van der Waals surface area contributed by atoms with Crippen molar-refractivity contribution < 1.29 is 19.1 Å². The highest BCUT2D eigenvalue weighted by Crippen LogP contribution is 2.25. The SMILES string of the molecule is C#C[C@H](CCOC(=O)N(C(C)(C)C)C(C)(C)C)OC(N)=O. The fourth-order valence-corrected chi connectivity index (χ4v) is 2.19. The molecule has 0 aromatic carbocycles. The van der Waals surface area contributed by atoms with E-state index in [4.69, 9.17) is 16.9 Å². The summed E-state index contributed by atoms with van der Waals surface area (Å²) in [5.74, 6) is 2.27. The molecule has 2 amide bonds. The fourth-order valence-electron chi connectivity index (χ4n) is 2.19. The summed E-state index contributed by atoms with van der Waals surface area (Å²) in [7, 11) is 0. The number of hydrogen-bond donors (Lipinski definition) is 1. The van der Waals surface area contributed by atoms with Gasteiger partial charge in [-0.2, -0.15) is 0 Å². The van der Waals surface area contributed by atoms with E-state index in [0.717, 1.165) is 0 Å². The number of carbonyl (C=O) groups excluding carboxylic acids is 2. The van der Waals surface area contributed by atoms with Crippen LogP contribution in [0.25, 0.3) is 0 Å². The first-order valence-electron chi connectivity index (χ1n) is 6.79. The van der Waals surface area contributed by atoms with Crippen molar-refractivity contribution in [2.75, 3.05) is 6.61 Å². The predicted molar refractivity (Wildman–Crippen MR) is 80.6 cm³/mol. The zero-order valence-corrected chi connectivity index (χ0v) is 13.7. The van der Waals surface area contributed by atoms with Crippen LogP contribution in [-0.4, -0.2) is 40.9 Å². The van der Waals surface area contributed by atoms with Crippen LogP contribution in [0.2, 0.25) is 0 Å². The number of carbonyl (C=O) groups is 2. The van der Waals surface area contributed by atoms with E-state index in [1.807, 2.05) is 41.5 Å². The van der Waals surface area contributed by atoms with Gasteiger partial charge in [-0.1, -0.05) is 5.92 Å². The molecule has 0 heterocycles. The summed E-state index contributed by atoms with van der Waals surface area (Å²) < 4.78 is 9.90. The summed E-state index contributed by atoms with van der Waals surface area (Å²) >= 11 is 0. The van der Waals surface area contributed by atoms with Gasteiger partial charge in [-0.3, -0.25) is 4.90 Å². The number of nitrogens with zero attached hydrogens (tertiary/aromatic N) is 1. The molecule has 0 rings (SSSR count). The Hall–Kier alpha value is -1.90. The third-order valence-electron chi connectivity index (χ3n) is 2.57. The van der Waals surface area contributed by atoms with E-state index in [0.29, 0.717) is 0 Å². The molecular formula is C15H26N2O4. The molecule has 0 saturated carbocycles. The van der Waals surface area contributed by atoms with E-state index in [1.165, 1.54) is 0 Å². The van der Waals surface area contributed by atoms with Crippen molar-refractivity contribution >= 4 is 12.2 Å². The van der Waals surface area contributed by atoms with Crippen molar-refractivity contribution in [2.24, 2.45) is 5.73 Å². The number of terminal acetylenes is 1. The van der Waals surface area contributed by atoms with E-state index >= 15 is 0 Å².